The normalized spacial score (nSPS) is 15.9. The number of carbonyl (C=O) groups is 1. The van der Waals surface area contributed by atoms with Crippen LogP contribution < -0.4 is 5.32 Å². The van der Waals surface area contributed by atoms with E-state index in [9.17, 15) is 13.2 Å². The average molecular weight is 556 g/mol. The number of nitrogens with zero attached hydrogens (tertiary/aromatic N) is 1. The van der Waals surface area contributed by atoms with Gasteiger partial charge in [0.05, 0.1) is 10.9 Å². The van der Waals surface area contributed by atoms with Crippen molar-refractivity contribution >= 4 is 43.9 Å². The lowest BCUT2D eigenvalue weighted by Crippen LogP contribution is -2.44. The molecule has 0 unspecified atom stereocenters. The molecule has 1 aliphatic carbocycles. The predicted molar refractivity (Wildman–Crippen MR) is 150 cm³/mol. The number of benzene rings is 3. The zero-order valence-electron chi connectivity index (χ0n) is 20.5. The van der Waals surface area contributed by atoms with Gasteiger partial charge in [0.2, 0.25) is 0 Å². The Balaban J connectivity index is 1.45. The summed E-state index contributed by atoms with van der Waals surface area (Å²) in [7, 11) is -3.54. The van der Waals surface area contributed by atoms with Gasteiger partial charge in [-0.3, -0.25) is 9.69 Å². The number of hydrogen-bond acceptors (Lipinski definition) is 4. The van der Waals surface area contributed by atoms with Crippen molar-refractivity contribution in [1.82, 2.24) is 10.2 Å². The van der Waals surface area contributed by atoms with Crippen molar-refractivity contribution in [2.75, 3.05) is 25.9 Å². The highest BCUT2D eigenvalue weighted by molar-refractivity contribution is 8.00. The Morgan fingerprint density at radius 1 is 0.919 bits per heavy atom. The van der Waals surface area contributed by atoms with Crippen LogP contribution >= 0.6 is 23.2 Å². The van der Waals surface area contributed by atoms with Crippen LogP contribution in [-0.4, -0.2) is 45.1 Å². The fraction of sp³-hybridized carbons (Fsp3) is 0.276. The molecule has 192 valence electrons. The Bertz CT molecular complexity index is 1390. The Hall–Kier alpha value is -2.64. The Morgan fingerprint density at radius 3 is 1.97 bits per heavy atom. The van der Waals surface area contributed by atoms with Gasteiger partial charge in [0.25, 0.3) is 5.91 Å². The van der Waals surface area contributed by atoms with Crippen molar-refractivity contribution in [3.05, 3.63) is 111 Å². The first-order chi connectivity index (χ1) is 17.7. The molecule has 1 N–H and O–H groups in total. The van der Waals surface area contributed by atoms with E-state index < -0.39 is 9.84 Å². The van der Waals surface area contributed by atoms with Crippen LogP contribution in [0.3, 0.4) is 0 Å². The van der Waals surface area contributed by atoms with E-state index in [-0.39, 0.29) is 11.9 Å². The first-order valence-corrected chi connectivity index (χ1v) is 14.9. The minimum atomic E-state index is -3.54. The van der Waals surface area contributed by atoms with Crippen molar-refractivity contribution in [3.63, 3.8) is 0 Å². The minimum Gasteiger partial charge on any atom is -0.352 e. The molecular weight excluding hydrogens is 527 g/mol. The van der Waals surface area contributed by atoms with Crippen molar-refractivity contribution in [2.45, 2.75) is 18.9 Å². The van der Waals surface area contributed by atoms with E-state index in [4.69, 9.17) is 23.2 Å². The number of halogens is 2. The highest BCUT2D eigenvalue weighted by atomic mass is 35.5. The molecule has 0 aromatic heterocycles. The van der Waals surface area contributed by atoms with E-state index in [0.717, 1.165) is 29.5 Å². The number of sulfone groups is 1. The van der Waals surface area contributed by atoms with Crippen LogP contribution in [0.15, 0.2) is 78.4 Å². The maximum atomic E-state index is 13.0. The third kappa shape index (κ3) is 6.10. The minimum absolute atomic E-state index is 0.0846. The number of nitrogens with one attached hydrogen (secondary N) is 1. The van der Waals surface area contributed by atoms with E-state index in [2.05, 4.69) is 10.2 Å². The molecule has 0 radical (unpaired) electrons. The van der Waals surface area contributed by atoms with Crippen LogP contribution in [0, 0.1) is 5.92 Å². The maximum Gasteiger partial charge on any atom is 0.251 e. The molecule has 1 saturated carbocycles. The summed E-state index contributed by atoms with van der Waals surface area (Å²) >= 11 is 12.3. The second kappa shape index (κ2) is 10.6. The van der Waals surface area contributed by atoms with E-state index >= 15 is 0 Å². The predicted octanol–water partition coefficient (Wildman–Crippen LogP) is 5.99. The van der Waals surface area contributed by atoms with Crippen molar-refractivity contribution < 1.29 is 13.2 Å². The Labute approximate surface area is 228 Å². The van der Waals surface area contributed by atoms with Gasteiger partial charge in [-0.05, 0) is 77.4 Å². The molecule has 37 heavy (non-hydrogen) atoms. The van der Waals surface area contributed by atoms with Gasteiger partial charge in [-0.2, -0.15) is 0 Å². The number of hydrogen-bond donors (Lipinski definition) is 1. The van der Waals surface area contributed by atoms with E-state index in [1.165, 1.54) is 6.26 Å². The third-order valence-corrected chi connectivity index (χ3v) is 8.62. The summed E-state index contributed by atoms with van der Waals surface area (Å²) in [6.45, 7) is 1.63. The van der Waals surface area contributed by atoms with Gasteiger partial charge < -0.3 is 5.32 Å². The summed E-state index contributed by atoms with van der Waals surface area (Å²) in [6, 6.07) is 22.2. The molecule has 1 aliphatic heterocycles. The van der Waals surface area contributed by atoms with Gasteiger partial charge in [-0.25, -0.2) is 8.42 Å². The first-order valence-electron chi connectivity index (χ1n) is 12.2. The number of amides is 1. The van der Waals surface area contributed by atoms with Crippen LogP contribution in [-0.2, 0) is 9.84 Å². The lowest BCUT2D eigenvalue weighted by Gasteiger charge is -2.42. The van der Waals surface area contributed by atoms with Crippen LogP contribution in [0.4, 0.5) is 0 Å². The highest BCUT2D eigenvalue weighted by Crippen LogP contribution is 2.39. The highest BCUT2D eigenvalue weighted by Gasteiger charge is 2.35. The molecule has 3 aromatic carbocycles. The summed E-state index contributed by atoms with van der Waals surface area (Å²) in [5, 5.41) is 4.27. The third-order valence-electron chi connectivity index (χ3n) is 6.85. The SMILES string of the molecule is CS(=O)(=O)C(=C1CN(C(c2ccc(Cl)cc2)c2ccc(Cl)cc2)C1)c1cccc(C(=O)NCC2CC2)c1. The van der Waals surface area contributed by atoms with Crippen molar-refractivity contribution in [2.24, 2.45) is 5.92 Å². The quantitative estimate of drug-likeness (QED) is 0.371. The molecule has 5 nitrogen and oxygen atoms in total. The van der Waals surface area contributed by atoms with E-state index in [1.807, 2.05) is 48.5 Å². The Morgan fingerprint density at radius 2 is 1.46 bits per heavy atom. The van der Waals surface area contributed by atoms with Crippen LogP contribution in [0.5, 0.6) is 0 Å². The molecule has 5 rings (SSSR count). The van der Waals surface area contributed by atoms with Gasteiger partial charge >= 0.3 is 0 Å². The summed E-state index contributed by atoms with van der Waals surface area (Å²) in [5.41, 5.74) is 3.95. The van der Waals surface area contributed by atoms with Gasteiger partial charge in [-0.1, -0.05) is 59.6 Å². The lowest BCUT2D eigenvalue weighted by molar-refractivity contribution is 0.0951. The van der Waals surface area contributed by atoms with Crippen LogP contribution in [0.2, 0.25) is 10.0 Å². The zero-order chi connectivity index (χ0) is 26.2. The standard InChI is InChI=1S/C29H28Cl2N2O3S/c1-37(35,36)28(22-3-2-4-23(15-22)29(34)32-16-19-5-6-19)24-17-33(18-24)27(20-7-11-25(30)12-8-20)21-9-13-26(31)14-10-21/h2-4,7-15,19,27H,5-6,16-18H2,1H3,(H,32,34). The van der Waals surface area contributed by atoms with Crippen LogP contribution in [0.1, 0.15) is 45.9 Å². The number of likely N-dealkylation sites (tertiary alicyclic amines) is 1. The molecule has 3 aromatic rings. The fourth-order valence-corrected chi connectivity index (χ4v) is 6.28. The topological polar surface area (TPSA) is 66.5 Å². The summed E-state index contributed by atoms with van der Waals surface area (Å²) < 4.78 is 25.9. The van der Waals surface area contributed by atoms with Gasteiger partial charge in [-0.15, -0.1) is 0 Å². The van der Waals surface area contributed by atoms with E-state index in [1.54, 1.807) is 24.3 Å². The zero-order valence-corrected chi connectivity index (χ0v) is 22.8. The van der Waals surface area contributed by atoms with Gasteiger partial charge in [0, 0.05) is 41.5 Å². The molecule has 0 spiro atoms. The molecule has 0 atom stereocenters. The average Bonchev–Trinajstić information content (AvgIpc) is 3.67. The summed E-state index contributed by atoms with van der Waals surface area (Å²) in [4.78, 5) is 15.2. The maximum absolute atomic E-state index is 13.0. The molecule has 1 saturated heterocycles. The summed E-state index contributed by atoms with van der Waals surface area (Å²) in [5.74, 6) is 0.392. The number of carbonyl (C=O) groups excluding carboxylic acids is 1. The van der Waals surface area contributed by atoms with Gasteiger partial charge in [0.15, 0.2) is 9.84 Å². The molecule has 0 bridgehead atoms. The van der Waals surface area contributed by atoms with Crippen molar-refractivity contribution in [1.29, 1.82) is 0 Å². The number of rotatable bonds is 8. The fourth-order valence-electron chi connectivity index (χ4n) is 4.82. The molecular formula is C29H28Cl2N2O3S. The van der Waals surface area contributed by atoms with Crippen molar-refractivity contribution in [3.8, 4) is 0 Å². The monoisotopic (exact) mass is 554 g/mol. The lowest BCUT2D eigenvalue weighted by atomic mass is 9.92. The van der Waals surface area contributed by atoms with Crippen LogP contribution in [0.25, 0.3) is 4.91 Å². The molecule has 1 amide bonds. The van der Waals surface area contributed by atoms with Gasteiger partial charge in [0.1, 0.15) is 0 Å². The smallest absolute Gasteiger partial charge is 0.251 e. The molecule has 2 aliphatic rings. The molecule has 1 heterocycles. The second-order valence-electron chi connectivity index (χ2n) is 9.85. The summed E-state index contributed by atoms with van der Waals surface area (Å²) in [6.07, 6.45) is 3.52. The molecule has 8 heteroatoms. The molecule has 2 fully saturated rings. The Kier molecular flexibility index (Phi) is 7.46. The second-order valence-corrected chi connectivity index (χ2v) is 12.7. The largest absolute Gasteiger partial charge is 0.352 e. The van der Waals surface area contributed by atoms with E-state index in [0.29, 0.717) is 51.6 Å². The first kappa shape index (κ1) is 26.0.